The van der Waals surface area contributed by atoms with Crippen molar-refractivity contribution in [3.05, 3.63) is 36.5 Å². The largest absolute Gasteiger partial charge is 0.415 e. The van der Waals surface area contributed by atoms with Crippen LogP contribution in [0.2, 0.25) is 0 Å². The molecule has 0 atom stereocenters. The van der Waals surface area contributed by atoms with Gasteiger partial charge in [-0.25, -0.2) is 19.2 Å². The van der Waals surface area contributed by atoms with Crippen molar-refractivity contribution in [3.63, 3.8) is 0 Å². The second-order valence-corrected chi connectivity index (χ2v) is 6.32. The van der Waals surface area contributed by atoms with Crippen LogP contribution >= 0.6 is 0 Å². The van der Waals surface area contributed by atoms with E-state index in [4.69, 9.17) is 10.5 Å². The lowest BCUT2D eigenvalue weighted by Crippen LogP contribution is -2.30. The van der Waals surface area contributed by atoms with Gasteiger partial charge in [0.1, 0.15) is 17.8 Å². The van der Waals surface area contributed by atoms with Gasteiger partial charge in [0.05, 0.1) is 5.39 Å². The zero-order valence-electron chi connectivity index (χ0n) is 14.3. The number of rotatable bonds is 2. The summed E-state index contributed by atoms with van der Waals surface area (Å²) >= 11 is 0. The number of nitrogens with two attached hydrogens (primary N) is 1. The normalized spacial score (nSPS) is 14.2. The van der Waals surface area contributed by atoms with E-state index < -0.39 is 11.9 Å². The van der Waals surface area contributed by atoms with Gasteiger partial charge in [-0.05, 0) is 30.5 Å². The molecule has 1 aliphatic heterocycles. The maximum absolute atomic E-state index is 14.5. The molecule has 0 bridgehead atoms. The molecule has 1 amide bonds. The van der Waals surface area contributed by atoms with Crippen molar-refractivity contribution in [2.75, 3.05) is 18.8 Å². The number of carbonyl (C=O) groups is 1. The van der Waals surface area contributed by atoms with Gasteiger partial charge in [-0.15, -0.1) is 0 Å². The molecule has 0 radical (unpaired) electrons. The van der Waals surface area contributed by atoms with Crippen LogP contribution in [-0.4, -0.2) is 38.6 Å². The molecule has 3 heterocycles. The average Bonchev–Trinajstić information content (AvgIpc) is 3.26. The highest BCUT2D eigenvalue weighted by Crippen LogP contribution is 2.34. The van der Waals surface area contributed by atoms with Crippen LogP contribution in [-0.2, 0) is 7.05 Å². The first-order valence-corrected chi connectivity index (χ1v) is 8.37. The molecule has 4 rings (SSSR count). The minimum absolute atomic E-state index is 0.0879. The molecule has 26 heavy (non-hydrogen) atoms. The Morgan fingerprint density at radius 2 is 2.04 bits per heavy atom. The van der Waals surface area contributed by atoms with Gasteiger partial charge in [-0.2, -0.15) is 0 Å². The Morgan fingerprint density at radius 1 is 1.27 bits per heavy atom. The van der Waals surface area contributed by atoms with Gasteiger partial charge in [-0.3, -0.25) is 0 Å². The van der Waals surface area contributed by atoms with E-state index in [-0.39, 0.29) is 5.75 Å². The van der Waals surface area contributed by atoms with Crippen molar-refractivity contribution in [1.82, 2.24) is 19.4 Å². The zero-order chi connectivity index (χ0) is 18.3. The van der Waals surface area contributed by atoms with Gasteiger partial charge in [0.2, 0.25) is 0 Å². The number of nitrogen functional groups attached to an aromatic ring is 1. The van der Waals surface area contributed by atoms with Crippen LogP contribution in [0, 0.1) is 5.82 Å². The van der Waals surface area contributed by atoms with Crippen molar-refractivity contribution in [3.8, 4) is 16.9 Å². The van der Waals surface area contributed by atoms with E-state index in [0.29, 0.717) is 35.5 Å². The topological polar surface area (TPSA) is 86.3 Å². The first kappa shape index (κ1) is 16.3. The summed E-state index contributed by atoms with van der Waals surface area (Å²) < 4.78 is 21.5. The smallest absolute Gasteiger partial charge is 0.407 e. The maximum Gasteiger partial charge on any atom is 0.415 e. The Balaban J connectivity index is 1.67. The number of ether oxygens (including phenoxy) is 1. The van der Waals surface area contributed by atoms with Gasteiger partial charge >= 0.3 is 6.09 Å². The number of benzene rings is 1. The second kappa shape index (κ2) is 6.29. The van der Waals surface area contributed by atoms with E-state index >= 15 is 0 Å². The van der Waals surface area contributed by atoms with Gasteiger partial charge in [0.25, 0.3) is 0 Å². The summed E-state index contributed by atoms with van der Waals surface area (Å²) in [4.78, 5) is 21.9. The standard InChI is InChI=1S/C18H18FN5O2/c1-23-9-12(15-16(20)21-10-22-17(15)23)11-4-5-14(13(19)8-11)26-18(25)24-6-2-3-7-24/h4-5,8-10H,2-3,6-7H2,1H3,(H2,20,21,22). The molecule has 2 N–H and O–H groups in total. The number of likely N-dealkylation sites (tertiary alicyclic amines) is 1. The lowest BCUT2D eigenvalue weighted by Gasteiger charge is -2.15. The summed E-state index contributed by atoms with van der Waals surface area (Å²) in [6.07, 6.45) is 4.59. The predicted octanol–water partition coefficient (Wildman–Crippen LogP) is 2.95. The van der Waals surface area contributed by atoms with E-state index in [1.807, 2.05) is 17.8 Å². The molecule has 0 unspecified atom stereocenters. The second-order valence-electron chi connectivity index (χ2n) is 6.32. The van der Waals surface area contributed by atoms with E-state index in [2.05, 4.69) is 9.97 Å². The summed E-state index contributed by atoms with van der Waals surface area (Å²) in [5, 5.41) is 0.663. The monoisotopic (exact) mass is 355 g/mol. The van der Waals surface area contributed by atoms with Gasteiger partial charge in [0, 0.05) is 31.9 Å². The molecule has 1 aromatic carbocycles. The van der Waals surface area contributed by atoms with Crippen molar-refractivity contribution >= 4 is 22.9 Å². The van der Waals surface area contributed by atoms with E-state index in [1.54, 1.807) is 11.0 Å². The third-order valence-corrected chi connectivity index (χ3v) is 4.59. The molecule has 2 aromatic heterocycles. The number of nitrogens with zero attached hydrogens (tertiary/aromatic N) is 4. The summed E-state index contributed by atoms with van der Waals surface area (Å²) in [5.74, 6) is -0.367. The Bertz CT molecular complexity index is 995. The van der Waals surface area contributed by atoms with Crippen LogP contribution in [0.25, 0.3) is 22.2 Å². The number of amides is 1. The first-order valence-electron chi connectivity index (χ1n) is 8.37. The zero-order valence-corrected chi connectivity index (χ0v) is 14.3. The number of aryl methyl sites for hydroxylation is 1. The number of aromatic nitrogens is 3. The fraction of sp³-hybridized carbons (Fsp3) is 0.278. The molecular weight excluding hydrogens is 337 g/mol. The van der Waals surface area contributed by atoms with Crippen LogP contribution in [0.3, 0.4) is 0 Å². The maximum atomic E-state index is 14.5. The van der Waals surface area contributed by atoms with Gasteiger partial charge in [0.15, 0.2) is 11.6 Å². The molecule has 1 aliphatic rings. The van der Waals surface area contributed by atoms with Crippen molar-refractivity contribution in [1.29, 1.82) is 0 Å². The quantitative estimate of drug-likeness (QED) is 0.764. The van der Waals surface area contributed by atoms with Gasteiger partial charge in [-0.1, -0.05) is 6.07 Å². The number of anilines is 1. The third kappa shape index (κ3) is 2.73. The highest BCUT2D eigenvalue weighted by atomic mass is 19.1. The minimum Gasteiger partial charge on any atom is -0.407 e. The molecule has 1 saturated heterocycles. The number of fused-ring (bicyclic) bond motifs is 1. The number of carbonyl (C=O) groups excluding carboxylic acids is 1. The molecule has 0 saturated carbocycles. The van der Waals surface area contributed by atoms with Crippen molar-refractivity contribution < 1.29 is 13.9 Å². The molecular formula is C18H18FN5O2. The fourth-order valence-corrected chi connectivity index (χ4v) is 3.26. The molecule has 0 spiro atoms. The van der Waals surface area contributed by atoms with Crippen LogP contribution < -0.4 is 10.5 Å². The van der Waals surface area contributed by atoms with E-state index in [1.165, 1.54) is 18.5 Å². The SMILES string of the molecule is Cn1cc(-c2ccc(OC(=O)N3CCCC3)c(F)c2)c2c(N)ncnc21. The summed E-state index contributed by atoms with van der Waals surface area (Å²) in [5.41, 5.74) is 7.97. The lowest BCUT2D eigenvalue weighted by atomic mass is 10.1. The number of hydrogen-bond acceptors (Lipinski definition) is 5. The van der Waals surface area contributed by atoms with Crippen LogP contribution in [0.4, 0.5) is 15.0 Å². The molecule has 1 fully saturated rings. The van der Waals surface area contributed by atoms with Crippen LogP contribution in [0.15, 0.2) is 30.7 Å². The predicted molar refractivity (Wildman–Crippen MR) is 95.1 cm³/mol. The Kier molecular flexibility index (Phi) is 3.95. The third-order valence-electron chi connectivity index (χ3n) is 4.59. The lowest BCUT2D eigenvalue weighted by molar-refractivity contribution is 0.161. The van der Waals surface area contributed by atoms with Crippen LogP contribution in [0.5, 0.6) is 5.75 Å². The Morgan fingerprint density at radius 3 is 2.77 bits per heavy atom. The highest BCUT2D eigenvalue weighted by molar-refractivity contribution is 6.00. The van der Waals surface area contributed by atoms with Crippen LogP contribution in [0.1, 0.15) is 12.8 Å². The van der Waals surface area contributed by atoms with E-state index in [9.17, 15) is 9.18 Å². The molecule has 8 heteroatoms. The summed E-state index contributed by atoms with van der Waals surface area (Å²) in [6.45, 7) is 1.29. The Labute approximate surface area is 149 Å². The van der Waals surface area contributed by atoms with E-state index in [0.717, 1.165) is 18.4 Å². The Hall–Kier alpha value is -3.16. The minimum atomic E-state index is -0.609. The fourth-order valence-electron chi connectivity index (χ4n) is 3.26. The highest BCUT2D eigenvalue weighted by Gasteiger charge is 2.21. The number of halogens is 1. The van der Waals surface area contributed by atoms with Crippen molar-refractivity contribution in [2.45, 2.75) is 12.8 Å². The molecule has 3 aromatic rings. The molecule has 7 nitrogen and oxygen atoms in total. The van der Waals surface area contributed by atoms with Crippen molar-refractivity contribution in [2.24, 2.45) is 7.05 Å². The summed E-state index contributed by atoms with van der Waals surface area (Å²) in [7, 11) is 1.83. The summed E-state index contributed by atoms with van der Waals surface area (Å²) in [6, 6.07) is 4.47. The number of hydrogen-bond donors (Lipinski definition) is 1. The molecule has 0 aliphatic carbocycles. The average molecular weight is 355 g/mol. The van der Waals surface area contributed by atoms with Gasteiger partial charge < -0.3 is 19.9 Å². The first-order chi connectivity index (χ1) is 12.5. The molecule has 134 valence electrons.